The molecule has 65 heavy (non-hydrogen) atoms. The fourth-order valence-corrected chi connectivity index (χ4v) is 8.74. The van der Waals surface area contributed by atoms with Crippen LogP contribution in [-0.4, -0.2) is 36.8 Å². The SMILES string of the molecule is C=C(C(=O)OC(C)OP(=O)(OC(C)OC(=O)C(=C)C(c1ccccc1)c1ccccc1)OC(C)OC(=O)C(=C)C(c1ccccc1)c1ccccc1)C(c1ccccc1)c1ccccc1. The second-order valence-corrected chi connectivity index (χ2v) is 16.5. The van der Waals surface area contributed by atoms with Crippen molar-refractivity contribution in [1.82, 2.24) is 0 Å². The van der Waals surface area contributed by atoms with E-state index < -0.39 is 62.4 Å². The zero-order valence-corrected chi connectivity index (χ0v) is 37.3. The molecular formula is C54H51O10P. The van der Waals surface area contributed by atoms with Gasteiger partial charge in [0.15, 0.2) is 0 Å². The summed E-state index contributed by atoms with van der Waals surface area (Å²) in [5.41, 5.74) is 4.88. The lowest BCUT2D eigenvalue weighted by molar-refractivity contribution is -0.174. The molecule has 3 unspecified atom stereocenters. The Morgan fingerprint density at radius 1 is 0.354 bits per heavy atom. The minimum absolute atomic E-state index is 0.0638. The molecule has 0 heterocycles. The molecular weight excluding hydrogens is 840 g/mol. The Hall–Kier alpha value is -6.94. The van der Waals surface area contributed by atoms with Crippen molar-refractivity contribution in [3.05, 3.63) is 252 Å². The van der Waals surface area contributed by atoms with Gasteiger partial charge in [0.25, 0.3) is 0 Å². The van der Waals surface area contributed by atoms with E-state index in [0.29, 0.717) is 0 Å². The smallest absolute Gasteiger partial charge is 0.432 e. The van der Waals surface area contributed by atoms with E-state index in [4.69, 9.17) is 27.8 Å². The van der Waals surface area contributed by atoms with Crippen molar-refractivity contribution in [3.63, 3.8) is 0 Å². The molecule has 0 fully saturated rings. The number of phosphoric acid groups is 1. The molecule has 0 aromatic heterocycles. The second-order valence-electron chi connectivity index (χ2n) is 15.0. The van der Waals surface area contributed by atoms with Gasteiger partial charge in [-0.25, -0.2) is 32.5 Å². The van der Waals surface area contributed by atoms with E-state index in [9.17, 15) is 18.9 Å². The van der Waals surface area contributed by atoms with Crippen LogP contribution in [0.4, 0.5) is 0 Å². The van der Waals surface area contributed by atoms with E-state index in [0.717, 1.165) is 33.4 Å². The number of carbonyl (C=O) groups is 3. The molecule has 0 radical (unpaired) electrons. The normalized spacial score (nSPS) is 13.5. The van der Waals surface area contributed by atoms with Gasteiger partial charge in [-0.05, 0) is 54.2 Å². The van der Waals surface area contributed by atoms with Crippen molar-refractivity contribution in [2.24, 2.45) is 0 Å². The number of hydrogen-bond acceptors (Lipinski definition) is 10. The highest BCUT2D eigenvalue weighted by molar-refractivity contribution is 7.48. The topological polar surface area (TPSA) is 124 Å². The Labute approximate surface area is 380 Å². The molecule has 0 N–H and O–H groups in total. The molecule has 6 rings (SSSR count). The molecule has 332 valence electrons. The maximum atomic E-state index is 14.7. The predicted octanol–water partition coefficient (Wildman–Crippen LogP) is 12.0. The van der Waals surface area contributed by atoms with Gasteiger partial charge < -0.3 is 14.2 Å². The molecule has 0 aliphatic carbocycles. The van der Waals surface area contributed by atoms with Gasteiger partial charge in [-0.15, -0.1) is 0 Å². The summed E-state index contributed by atoms with van der Waals surface area (Å²) >= 11 is 0. The highest BCUT2D eigenvalue weighted by atomic mass is 31.2. The lowest BCUT2D eigenvalue weighted by atomic mass is 9.85. The van der Waals surface area contributed by atoms with Gasteiger partial charge in [0, 0.05) is 34.5 Å². The summed E-state index contributed by atoms with van der Waals surface area (Å²) in [6, 6.07) is 55.7. The molecule has 6 aromatic rings. The monoisotopic (exact) mass is 890 g/mol. The quantitative estimate of drug-likeness (QED) is 0.0227. The van der Waals surface area contributed by atoms with Crippen molar-refractivity contribution in [3.8, 4) is 0 Å². The minimum atomic E-state index is -4.99. The molecule has 0 saturated heterocycles. The molecule has 3 atom stereocenters. The lowest BCUT2D eigenvalue weighted by Crippen LogP contribution is -2.27. The molecule has 0 bridgehead atoms. The number of carbonyl (C=O) groups excluding carboxylic acids is 3. The molecule has 0 aliphatic rings. The Morgan fingerprint density at radius 2 is 0.523 bits per heavy atom. The molecule has 10 nitrogen and oxygen atoms in total. The fraction of sp³-hybridized carbons (Fsp3) is 0.167. The molecule has 0 amide bonds. The highest BCUT2D eigenvalue weighted by Gasteiger charge is 2.39. The number of ether oxygens (including phenoxy) is 3. The number of esters is 3. The number of rotatable bonds is 21. The Morgan fingerprint density at radius 3 is 0.692 bits per heavy atom. The number of phosphoric ester groups is 1. The van der Waals surface area contributed by atoms with Gasteiger partial charge >= 0.3 is 25.7 Å². The summed E-state index contributed by atoms with van der Waals surface area (Å²) in [5.74, 6) is -4.38. The molecule has 6 aromatic carbocycles. The standard InChI is InChI=1S/C54H51O10P/c1-37(49(43-25-13-7-14-26-43)44-27-15-8-16-28-44)52(55)59-40(4)62-65(58,63-41(5)60-53(56)38(2)50(45-29-17-9-18-30-45)46-31-19-10-20-32-46)64-42(6)61-54(57)39(3)51(47-33-21-11-22-34-47)48-35-23-12-24-36-48/h7-36,40-42,49-51H,1-3H2,4-6H3. The third kappa shape index (κ3) is 12.8. The van der Waals surface area contributed by atoms with Crippen molar-refractivity contribution in [2.75, 3.05) is 0 Å². The number of benzene rings is 6. The van der Waals surface area contributed by atoms with Crippen LogP contribution >= 0.6 is 7.82 Å². The van der Waals surface area contributed by atoms with Crippen LogP contribution in [0, 0.1) is 0 Å². The second kappa shape index (κ2) is 22.6. The van der Waals surface area contributed by atoms with Gasteiger partial charge in [-0.1, -0.05) is 202 Å². The van der Waals surface area contributed by atoms with Gasteiger partial charge in [0.05, 0.1) is 0 Å². The van der Waals surface area contributed by atoms with Crippen molar-refractivity contribution in [1.29, 1.82) is 0 Å². The summed E-state index contributed by atoms with van der Waals surface area (Å²) < 4.78 is 48.9. The van der Waals surface area contributed by atoms with Gasteiger partial charge in [0.2, 0.25) is 18.9 Å². The molecule has 0 spiro atoms. The zero-order valence-electron chi connectivity index (χ0n) is 36.4. The van der Waals surface area contributed by atoms with Crippen LogP contribution in [0.2, 0.25) is 0 Å². The van der Waals surface area contributed by atoms with E-state index in [-0.39, 0.29) is 16.7 Å². The lowest BCUT2D eigenvalue weighted by Gasteiger charge is -2.28. The third-order valence-electron chi connectivity index (χ3n) is 10.3. The van der Waals surface area contributed by atoms with Crippen LogP contribution in [0.15, 0.2) is 218 Å². The van der Waals surface area contributed by atoms with Crippen LogP contribution in [0.5, 0.6) is 0 Å². The Balaban J connectivity index is 1.22. The summed E-state index contributed by atoms with van der Waals surface area (Å²) in [5, 5.41) is 0. The summed E-state index contributed by atoms with van der Waals surface area (Å²) in [6.07, 6.45) is -4.81. The van der Waals surface area contributed by atoms with Crippen molar-refractivity contribution in [2.45, 2.75) is 57.4 Å². The zero-order chi connectivity index (χ0) is 46.3. The van der Waals surface area contributed by atoms with E-state index >= 15 is 0 Å². The average Bonchev–Trinajstić information content (AvgIpc) is 3.31. The first kappa shape index (κ1) is 47.5. The van der Waals surface area contributed by atoms with Crippen LogP contribution in [0.25, 0.3) is 0 Å². The van der Waals surface area contributed by atoms with E-state index in [1.165, 1.54) is 20.8 Å². The largest absolute Gasteiger partial charge is 0.484 e. The number of hydrogen-bond donors (Lipinski definition) is 0. The first-order chi connectivity index (χ1) is 31.3. The first-order valence-electron chi connectivity index (χ1n) is 21.0. The maximum absolute atomic E-state index is 14.7. The third-order valence-corrected chi connectivity index (χ3v) is 11.9. The van der Waals surface area contributed by atoms with Gasteiger partial charge in [-0.3, -0.25) is 0 Å². The van der Waals surface area contributed by atoms with Crippen molar-refractivity contribution < 1.29 is 46.7 Å². The van der Waals surface area contributed by atoms with E-state index in [1.807, 2.05) is 182 Å². The van der Waals surface area contributed by atoms with Crippen LogP contribution in [0.1, 0.15) is 71.9 Å². The molecule has 11 heteroatoms. The van der Waals surface area contributed by atoms with Crippen LogP contribution < -0.4 is 0 Å². The summed E-state index contributed by atoms with van der Waals surface area (Å²) in [7, 11) is -4.99. The summed E-state index contributed by atoms with van der Waals surface area (Å²) in [6.45, 7) is 16.1. The Kier molecular flexibility index (Phi) is 16.5. The summed E-state index contributed by atoms with van der Waals surface area (Å²) in [4.78, 5) is 41.3. The first-order valence-corrected chi connectivity index (χ1v) is 22.4. The molecule has 0 aliphatic heterocycles. The van der Waals surface area contributed by atoms with Crippen LogP contribution in [0.3, 0.4) is 0 Å². The van der Waals surface area contributed by atoms with E-state index in [1.54, 1.807) is 0 Å². The average molecular weight is 891 g/mol. The Bertz CT molecular complexity index is 2180. The van der Waals surface area contributed by atoms with Gasteiger partial charge in [-0.2, -0.15) is 0 Å². The maximum Gasteiger partial charge on any atom is 0.484 e. The van der Waals surface area contributed by atoms with Gasteiger partial charge in [0.1, 0.15) is 0 Å². The van der Waals surface area contributed by atoms with Crippen LogP contribution in [-0.2, 0) is 46.7 Å². The van der Waals surface area contributed by atoms with Crippen molar-refractivity contribution >= 4 is 25.7 Å². The fourth-order valence-electron chi connectivity index (χ4n) is 7.37. The predicted molar refractivity (Wildman–Crippen MR) is 249 cm³/mol. The highest BCUT2D eigenvalue weighted by Crippen LogP contribution is 2.53. The minimum Gasteiger partial charge on any atom is -0.432 e. The molecule has 0 saturated carbocycles. The van der Waals surface area contributed by atoms with E-state index in [2.05, 4.69) is 19.7 Å².